The molecule has 0 unspecified atom stereocenters. The third-order valence-electron chi connectivity index (χ3n) is 2.23. The van der Waals surface area contributed by atoms with Crippen LogP contribution in [0.15, 0.2) is 12.1 Å². The summed E-state index contributed by atoms with van der Waals surface area (Å²) in [4.78, 5) is 23.0. The van der Waals surface area contributed by atoms with Crippen molar-refractivity contribution in [2.24, 2.45) is 0 Å². The summed E-state index contributed by atoms with van der Waals surface area (Å²) in [5, 5.41) is 2.17. The topological polar surface area (TPSA) is 55.4 Å². The van der Waals surface area contributed by atoms with E-state index >= 15 is 0 Å². The predicted molar refractivity (Wildman–Crippen MR) is 64.9 cm³/mol. The molecule has 0 saturated carbocycles. The lowest BCUT2D eigenvalue weighted by atomic mass is 10.2. The highest BCUT2D eigenvalue weighted by Gasteiger charge is 2.21. The van der Waals surface area contributed by atoms with Crippen LogP contribution in [0.1, 0.15) is 24.2 Å². The summed E-state index contributed by atoms with van der Waals surface area (Å²) in [6.07, 6.45) is -1.06. The van der Waals surface area contributed by atoms with Gasteiger partial charge in [-0.05, 0) is 26.0 Å². The minimum Gasteiger partial charge on any atom is -0.449 e. The molecule has 0 saturated heterocycles. The first kappa shape index (κ1) is 15.4. The summed E-state index contributed by atoms with van der Waals surface area (Å²) >= 11 is 5.61. The number of esters is 1. The fourth-order valence-corrected chi connectivity index (χ4v) is 1.50. The SMILES string of the molecule is CCNC(=O)[C@@H](C)OC(=O)c1cc(F)c(F)cc1Cl. The Morgan fingerprint density at radius 1 is 1.37 bits per heavy atom. The minimum absolute atomic E-state index is 0.285. The highest BCUT2D eigenvalue weighted by molar-refractivity contribution is 6.33. The van der Waals surface area contributed by atoms with Gasteiger partial charge < -0.3 is 10.1 Å². The van der Waals surface area contributed by atoms with Crippen molar-refractivity contribution in [3.8, 4) is 0 Å². The van der Waals surface area contributed by atoms with E-state index in [2.05, 4.69) is 5.32 Å². The van der Waals surface area contributed by atoms with E-state index in [9.17, 15) is 18.4 Å². The summed E-state index contributed by atoms with van der Waals surface area (Å²) in [6.45, 7) is 3.45. The normalized spacial score (nSPS) is 11.8. The van der Waals surface area contributed by atoms with Gasteiger partial charge in [0, 0.05) is 6.54 Å². The van der Waals surface area contributed by atoms with Crippen LogP contribution < -0.4 is 5.32 Å². The Bertz CT molecular complexity index is 508. The van der Waals surface area contributed by atoms with Gasteiger partial charge in [0.25, 0.3) is 5.91 Å². The van der Waals surface area contributed by atoms with Gasteiger partial charge in [-0.15, -0.1) is 0 Å². The van der Waals surface area contributed by atoms with E-state index in [4.69, 9.17) is 16.3 Å². The Hall–Kier alpha value is -1.69. The molecule has 0 aliphatic carbocycles. The number of rotatable bonds is 4. The lowest BCUT2D eigenvalue weighted by Crippen LogP contribution is -2.35. The first-order valence-corrected chi connectivity index (χ1v) is 5.87. The predicted octanol–water partition coefficient (Wildman–Crippen LogP) is 2.30. The number of ether oxygens (including phenoxy) is 1. The average molecular weight is 292 g/mol. The van der Waals surface area contributed by atoms with Crippen molar-refractivity contribution in [3.05, 3.63) is 34.4 Å². The zero-order valence-electron chi connectivity index (χ0n) is 10.3. The van der Waals surface area contributed by atoms with Crippen molar-refractivity contribution in [2.75, 3.05) is 6.54 Å². The van der Waals surface area contributed by atoms with Crippen molar-refractivity contribution in [3.63, 3.8) is 0 Å². The lowest BCUT2D eigenvalue weighted by molar-refractivity contribution is -0.128. The Kier molecular flexibility index (Phi) is 5.23. The second-order valence-electron chi connectivity index (χ2n) is 3.69. The van der Waals surface area contributed by atoms with Gasteiger partial charge in [-0.25, -0.2) is 13.6 Å². The quantitative estimate of drug-likeness (QED) is 0.684. The molecule has 0 bridgehead atoms. The second kappa shape index (κ2) is 6.47. The number of carbonyl (C=O) groups is 2. The van der Waals surface area contributed by atoms with Crippen LogP contribution in [0.4, 0.5) is 8.78 Å². The Balaban J connectivity index is 2.84. The monoisotopic (exact) mass is 291 g/mol. The molecule has 0 fully saturated rings. The van der Waals surface area contributed by atoms with E-state index in [1.54, 1.807) is 6.92 Å². The summed E-state index contributed by atoms with van der Waals surface area (Å²) in [5.74, 6) is -3.88. The van der Waals surface area contributed by atoms with Crippen molar-refractivity contribution >= 4 is 23.5 Å². The first-order chi connectivity index (χ1) is 8.86. The van der Waals surface area contributed by atoms with Gasteiger partial charge in [-0.2, -0.15) is 0 Å². The average Bonchev–Trinajstić information content (AvgIpc) is 2.33. The van der Waals surface area contributed by atoms with Crippen LogP contribution in [0.3, 0.4) is 0 Å². The molecule has 1 rings (SSSR count). The molecule has 0 heterocycles. The largest absolute Gasteiger partial charge is 0.449 e. The van der Waals surface area contributed by atoms with Gasteiger partial charge in [0.1, 0.15) is 0 Å². The standard InChI is InChI=1S/C12H12ClF2NO3/c1-3-16-11(17)6(2)19-12(18)7-4-9(14)10(15)5-8(7)13/h4-6H,3H2,1-2H3,(H,16,17)/t6-/m1/s1. The third-order valence-corrected chi connectivity index (χ3v) is 2.55. The number of halogens is 3. The van der Waals surface area contributed by atoms with Crippen molar-refractivity contribution in [1.82, 2.24) is 5.32 Å². The molecule has 1 N–H and O–H groups in total. The molecule has 1 atom stereocenters. The van der Waals surface area contributed by atoms with Crippen LogP contribution >= 0.6 is 11.6 Å². The Morgan fingerprint density at radius 2 is 1.95 bits per heavy atom. The maximum atomic E-state index is 13.0. The van der Waals surface area contributed by atoms with Gasteiger partial charge in [0.2, 0.25) is 0 Å². The molecule has 1 aromatic rings. The van der Waals surface area contributed by atoms with Crippen molar-refractivity contribution in [2.45, 2.75) is 20.0 Å². The number of amides is 1. The van der Waals surface area contributed by atoms with Crippen LogP contribution in [0, 0.1) is 11.6 Å². The molecule has 0 aliphatic heterocycles. The summed E-state index contributed by atoms with van der Waals surface area (Å²) < 4.78 is 30.7. The molecule has 4 nitrogen and oxygen atoms in total. The molecule has 0 spiro atoms. The summed E-state index contributed by atoms with van der Waals surface area (Å²) in [6, 6.07) is 1.30. The first-order valence-electron chi connectivity index (χ1n) is 5.50. The lowest BCUT2D eigenvalue weighted by Gasteiger charge is -2.13. The van der Waals surface area contributed by atoms with Crippen LogP contribution in [0.5, 0.6) is 0 Å². The Labute approximate surface area is 113 Å². The van der Waals surface area contributed by atoms with Gasteiger partial charge in [0.15, 0.2) is 17.7 Å². The van der Waals surface area contributed by atoms with Crippen molar-refractivity contribution in [1.29, 1.82) is 0 Å². The van der Waals surface area contributed by atoms with Crippen LogP contribution in [0.25, 0.3) is 0 Å². The molecule has 19 heavy (non-hydrogen) atoms. The number of carbonyl (C=O) groups excluding carboxylic acids is 2. The van der Waals surface area contributed by atoms with Crippen molar-refractivity contribution < 1.29 is 23.1 Å². The fourth-order valence-electron chi connectivity index (χ4n) is 1.27. The van der Waals surface area contributed by atoms with Crippen LogP contribution in [-0.2, 0) is 9.53 Å². The van der Waals surface area contributed by atoms with E-state index in [0.717, 1.165) is 0 Å². The zero-order valence-corrected chi connectivity index (χ0v) is 11.1. The summed E-state index contributed by atoms with van der Waals surface area (Å²) in [7, 11) is 0. The number of likely N-dealkylation sites (N-methyl/N-ethyl adjacent to an activating group) is 1. The van der Waals surface area contributed by atoms with Crippen LogP contribution in [0.2, 0.25) is 5.02 Å². The van der Waals surface area contributed by atoms with E-state index in [1.807, 2.05) is 0 Å². The molecule has 1 aromatic carbocycles. The second-order valence-corrected chi connectivity index (χ2v) is 4.10. The molecular weight excluding hydrogens is 280 g/mol. The van der Waals surface area contributed by atoms with Gasteiger partial charge in [0.05, 0.1) is 10.6 Å². The van der Waals surface area contributed by atoms with Gasteiger partial charge in [-0.3, -0.25) is 4.79 Å². The maximum absolute atomic E-state index is 13.0. The third kappa shape index (κ3) is 3.89. The number of nitrogens with one attached hydrogen (secondary N) is 1. The highest BCUT2D eigenvalue weighted by Crippen LogP contribution is 2.21. The molecule has 1 amide bonds. The highest BCUT2D eigenvalue weighted by atomic mass is 35.5. The molecular formula is C12H12ClF2NO3. The molecule has 0 aliphatic rings. The fraction of sp³-hybridized carbons (Fsp3) is 0.333. The van der Waals surface area contributed by atoms with E-state index in [-0.39, 0.29) is 10.6 Å². The molecule has 0 aromatic heterocycles. The molecule has 7 heteroatoms. The van der Waals surface area contributed by atoms with Gasteiger partial charge >= 0.3 is 5.97 Å². The number of hydrogen-bond acceptors (Lipinski definition) is 3. The van der Waals surface area contributed by atoms with E-state index in [0.29, 0.717) is 18.7 Å². The maximum Gasteiger partial charge on any atom is 0.340 e. The number of benzene rings is 1. The molecule has 0 radical (unpaired) electrons. The van der Waals surface area contributed by atoms with Crippen LogP contribution in [-0.4, -0.2) is 24.5 Å². The number of hydrogen-bond donors (Lipinski definition) is 1. The molecule has 104 valence electrons. The van der Waals surface area contributed by atoms with Gasteiger partial charge in [-0.1, -0.05) is 11.6 Å². The van der Waals surface area contributed by atoms with E-state index in [1.165, 1.54) is 6.92 Å². The zero-order chi connectivity index (χ0) is 14.6. The summed E-state index contributed by atoms with van der Waals surface area (Å²) in [5.41, 5.74) is -0.336. The van der Waals surface area contributed by atoms with E-state index < -0.39 is 29.6 Å². The smallest absolute Gasteiger partial charge is 0.340 e. The Morgan fingerprint density at radius 3 is 2.53 bits per heavy atom. The minimum atomic E-state index is -1.22.